The Morgan fingerprint density at radius 3 is 1.59 bits per heavy atom. The molecule has 3 aliphatic heterocycles. The molecule has 3 heterocycles. The highest BCUT2D eigenvalue weighted by atomic mass is 28.3. The Balaban J connectivity index is 1.09. The van der Waals surface area contributed by atoms with E-state index in [4.69, 9.17) is 0 Å². The summed E-state index contributed by atoms with van der Waals surface area (Å²) in [5, 5.41) is 6.14. The molecular formula is C52H41NSi. The van der Waals surface area contributed by atoms with Gasteiger partial charge >= 0.3 is 0 Å². The first kappa shape index (κ1) is 29.9. The lowest BCUT2D eigenvalue weighted by atomic mass is 9.41. The van der Waals surface area contributed by atoms with E-state index in [1.165, 1.54) is 103 Å². The molecule has 4 aliphatic carbocycles. The molecule has 0 amide bonds. The second kappa shape index (κ2) is 10.6. The van der Waals surface area contributed by atoms with Gasteiger partial charge in [0, 0.05) is 11.1 Å². The first-order chi connectivity index (χ1) is 26.7. The predicted molar refractivity (Wildman–Crippen MR) is 226 cm³/mol. The Morgan fingerprint density at radius 1 is 0.407 bits per heavy atom. The van der Waals surface area contributed by atoms with Gasteiger partial charge in [0.05, 0.1) is 11.4 Å². The molecule has 54 heavy (non-hydrogen) atoms. The van der Waals surface area contributed by atoms with E-state index in [1.54, 1.807) is 11.1 Å². The summed E-state index contributed by atoms with van der Waals surface area (Å²) in [6, 6.07) is 63.8. The van der Waals surface area contributed by atoms with Crippen molar-refractivity contribution < 1.29 is 0 Å². The van der Waals surface area contributed by atoms with Gasteiger partial charge in [-0.15, -0.1) is 0 Å². The Labute approximate surface area is 319 Å². The third-order valence-corrected chi connectivity index (χ3v) is 20.0. The molecule has 0 saturated heterocycles. The van der Waals surface area contributed by atoms with Gasteiger partial charge < -0.3 is 4.90 Å². The zero-order chi connectivity index (χ0) is 35.2. The van der Waals surface area contributed by atoms with E-state index in [9.17, 15) is 0 Å². The average molecular weight is 708 g/mol. The van der Waals surface area contributed by atoms with Crippen LogP contribution in [0.4, 0.5) is 17.1 Å². The van der Waals surface area contributed by atoms with Crippen LogP contribution in [0.25, 0.3) is 33.4 Å². The van der Waals surface area contributed by atoms with Crippen LogP contribution in [0.15, 0.2) is 164 Å². The van der Waals surface area contributed by atoms with E-state index in [-0.39, 0.29) is 5.41 Å². The number of hydrogen-bond donors (Lipinski definition) is 0. The first-order valence-electron chi connectivity index (χ1n) is 20.3. The first-order valence-corrected chi connectivity index (χ1v) is 22.3. The summed E-state index contributed by atoms with van der Waals surface area (Å²) >= 11 is 0. The third kappa shape index (κ3) is 3.57. The minimum absolute atomic E-state index is 0.0485. The molecule has 0 unspecified atom stereocenters. The molecule has 1 nitrogen and oxygen atoms in total. The minimum atomic E-state index is -2.57. The Bertz CT molecular complexity index is 2620. The number of anilines is 3. The normalized spacial score (nSPS) is 25.2. The van der Waals surface area contributed by atoms with Crippen LogP contribution in [-0.4, -0.2) is 8.07 Å². The molecule has 258 valence electrons. The Kier molecular flexibility index (Phi) is 5.89. The molecule has 7 aromatic rings. The number of benzene rings is 7. The summed E-state index contributed by atoms with van der Waals surface area (Å²) in [7, 11) is -2.57. The van der Waals surface area contributed by atoms with Crippen LogP contribution in [0.3, 0.4) is 0 Å². The molecule has 7 aliphatic rings. The van der Waals surface area contributed by atoms with Crippen molar-refractivity contribution in [1.82, 2.24) is 0 Å². The van der Waals surface area contributed by atoms with Crippen LogP contribution >= 0.6 is 0 Å². The zero-order valence-electron chi connectivity index (χ0n) is 30.4. The number of para-hydroxylation sites is 1. The van der Waals surface area contributed by atoms with Crippen molar-refractivity contribution in [2.75, 3.05) is 4.90 Å². The van der Waals surface area contributed by atoms with Gasteiger partial charge in [0.15, 0.2) is 8.07 Å². The summed E-state index contributed by atoms with van der Waals surface area (Å²) in [6.07, 6.45) is 6.96. The van der Waals surface area contributed by atoms with Gasteiger partial charge in [0.2, 0.25) is 0 Å². The molecule has 4 bridgehead atoms. The van der Waals surface area contributed by atoms with Crippen LogP contribution in [0.2, 0.25) is 0 Å². The fraction of sp³-hybridized carbons (Fsp3) is 0.192. The van der Waals surface area contributed by atoms with E-state index in [0.29, 0.717) is 11.8 Å². The van der Waals surface area contributed by atoms with Gasteiger partial charge in [-0.05, 0) is 151 Å². The predicted octanol–water partition coefficient (Wildman–Crippen LogP) is 10.2. The van der Waals surface area contributed by atoms with Crippen molar-refractivity contribution in [3.8, 4) is 33.4 Å². The van der Waals surface area contributed by atoms with E-state index in [1.807, 2.05) is 0 Å². The molecule has 4 fully saturated rings. The summed E-state index contributed by atoms with van der Waals surface area (Å²) in [5.41, 5.74) is 15.6. The number of rotatable bonds is 2. The van der Waals surface area contributed by atoms with Crippen molar-refractivity contribution in [1.29, 1.82) is 0 Å². The van der Waals surface area contributed by atoms with Crippen molar-refractivity contribution in [3.05, 3.63) is 175 Å². The van der Waals surface area contributed by atoms with Crippen molar-refractivity contribution in [3.63, 3.8) is 0 Å². The van der Waals surface area contributed by atoms with Gasteiger partial charge in [-0.1, -0.05) is 133 Å². The maximum absolute atomic E-state index is 2.67. The van der Waals surface area contributed by atoms with Gasteiger partial charge in [-0.25, -0.2) is 0 Å². The van der Waals surface area contributed by atoms with Gasteiger partial charge in [-0.3, -0.25) is 0 Å². The summed E-state index contributed by atoms with van der Waals surface area (Å²) < 4.78 is 0. The quantitative estimate of drug-likeness (QED) is 0.162. The topological polar surface area (TPSA) is 3.24 Å². The zero-order valence-corrected chi connectivity index (χ0v) is 31.4. The maximum atomic E-state index is 2.67. The molecule has 0 N–H and O–H groups in total. The molecule has 4 saturated carbocycles. The fourth-order valence-electron chi connectivity index (χ4n) is 13.5. The lowest BCUT2D eigenvalue weighted by Gasteiger charge is -2.64. The number of fused-ring (bicyclic) bond motifs is 12. The van der Waals surface area contributed by atoms with E-state index >= 15 is 0 Å². The lowest BCUT2D eigenvalue weighted by Crippen LogP contribution is -2.70. The summed E-state index contributed by atoms with van der Waals surface area (Å²) in [5.74, 6) is 3.19. The smallest absolute Gasteiger partial charge is 0.182 e. The van der Waals surface area contributed by atoms with Crippen molar-refractivity contribution in [2.45, 2.75) is 37.5 Å². The Hall–Kier alpha value is -5.44. The monoisotopic (exact) mass is 707 g/mol. The molecule has 2 heteroatoms. The molecular weight excluding hydrogens is 667 g/mol. The Morgan fingerprint density at radius 2 is 0.944 bits per heavy atom. The fourth-order valence-corrected chi connectivity index (χ4v) is 19.1. The molecule has 14 rings (SSSR count). The van der Waals surface area contributed by atoms with Gasteiger partial charge in [0.25, 0.3) is 0 Å². The molecule has 2 spiro atoms. The van der Waals surface area contributed by atoms with Gasteiger partial charge in [0.1, 0.15) is 0 Å². The number of hydrogen-bond acceptors (Lipinski definition) is 1. The standard InChI is InChI=1S/C52H41NSi/c1-2-12-35(13-3-1)36-22-25-47-45(31-36)52(37-27-33-26-34(29-37)30-38(52)28-33)44-17-7-8-18-46(44)53(47)39-23-24-43-42-16-6-11-21-50(42)54(51(43)32-39)48-19-9-4-14-40(48)41-15-5-10-20-49(41)54/h1-25,31-34,37-38H,26-30H2. The largest absolute Gasteiger partial charge is 0.310 e. The molecule has 0 aromatic heterocycles. The van der Waals surface area contributed by atoms with Crippen LogP contribution in [0.5, 0.6) is 0 Å². The second-order valence-electron chi connectivity index (χ2n) is 17.2. The summed E-state index contributed by atoms with van der Waals surface area (Å²) in [6.45, 7) is 0. The molecule has 0 atom stereocenters. The third-order valence-electron chi connectivity index (χ3n) is 15.0. The van der Waals surface area contributed by atoms with Gasteiger partial charge in [-0.2, -0.15) is 0 Å². The van der Waals surface area contributed by atoms with Crippen LogP contribution < -0.4 is 25.6 Å². The number of nitrogens with zero attached hydrogens (tertiary/aromatic N) is 1. The van der Waals surface area contributed by atoms with E-state index in [2.05, 4.69) is 169 Å². The second-order valence-corrected chi connectivity index (χ2v) is 20.9. The van der Waals surface area contributed by atoms with Crippen molar-refractivity contribution in [2.24, 2.45) is 23.7 Å². The van der Waals surface area contributed by atoms with E-state index < -0.39 is 8.07 Å². The van der Waals surface area contributed by atoms with Crippen LogP contribution in [0.1, 0.15) is 43.2 Å². The highest BCUT2D eigenvalue weighted by Crippen LogP contribution is 2.69. The van der Waals surface area contributed by atoms with Crippen LogP contribution in [0, 0.1) is 23.7 Å². The highest BCUT2D eigenvalue weighted by molar-refractivity contribution is 7.24. The molecule has 0 radical (unpaired) electrons. The average Bonchev–Trinajstić information content (AvgIpc) is 3.69. The summed E-state index contributed by atoms with van der Waals surface area (Å²) in [4.78, 5) is 2.67. The minimum Gasteiger partial charge on any atom is -0.310 e. The van der Waals surface area contributed by atoms with Crippen LogP contribution in [-0.2, 0) is 5.41 Å². The molecule has 7 aromatic carbocycles. The van der Waals surface area contributed by atoms with Crippen molar-refractivity contribution >= 4 is 45.9 Å². The SMILES string of the molecule is c1ccc(-c2ccc3c(c2)C2(c4ccccc4N3c3ccc4c(c3)[Si]3(c5ccccc5-c5ccccc53)c3ccccc3-4)C3CC4CC(C3)CC2C4)cc1. The van der Waals surface area contributed by atoms with E-state index in [0.717, 1.165) is 11.8 Å². The highest BCUT2D eigenvalue weighted by Gasteiger charge is 2.62. The lowest BCUT2D eigenvalue weighted by molar-refractivity contribution is -0.0419. The maximum Gasteiger partial charge on any atom is 0.182 e.